The van der Waals surface area contributed by atoms with Gasteiger partial charge in [-0.2, -0.15) is 5.10 Å². The van der Waals surface area contributed by atoms with Gasteiger partial charge < -0.3 is 5.32 Å². The molecule has 1 aliphatic carbocycles. The molecule has 0 unspecified atom stereocenters. The minimum Gasteiger partial charge on any atom is -0.368 e. The number of aromatic nitrogens is 2. The third-order valence-electron chi connectivity index (χ3n) is 4.03. The molecule has 0 atom stereocenters. The lowest BCUT2D eigenvalue weighted by atomic mass is 9.89. The van der Waals surface area contributed by atoms with E-state index in [-0.39, 0.29) is 5.82 Å². The second-order valence-electron chi connectivity index (χ2n) is 5.56. The number of benzene rings is 1. The second-order valence-corrected chi connectivity index (χ2v) is 5.56. The van der Waals surface area contributed by atoms with E-state index in [1.807, 2.05) is 6.07 Å². The Morgan fingerprint density at radius 1 is 1.15 bits per heavy atom. The van der Waals surface area contributed by atoms with Gasteiger partial charge in [-0.3, -0.25) is 5.10 Å². The summed E-state index contributed by atoms with van der Waals surface area (Å²) in [5, 5.41) is 10.7. The lowest BCUT2D eigenvalue weighted by molar-refractivity contribution is 0.373. The molecule has 0 saturated heterocycles. The Labute approximate surface area is 118 Å². The quantitative estimate of drug-likeness (QED) is 0.876. The molecule has 1 aliphatic rings. The summed E-state index contributed by atoms with van der Waals surface area (Å²) >= 11 is 0. The number of halogens is 1. The molecule has 0 radical (unpaired) electrons. The highest BCUT2D eigenvalue weighted by Crippen LogP contribution is 2.24. The van der Waals surface area contributed by atoms with E-state index in [1.54, 1.807) is 12.1 Å². The fourth-order valence-corrected chi connectivity index (χ4v) is 2.83. The van der Waals surface area contributed by atoms with Crippen molar-refractivity contribution in [2.24, 2.45) is 5.92 Å². The average Bonchev–Trinajstić information content (AvgIpc) is 2.96. The van der Waals surface area contributed by atoms with Gasteiger partial charge in [0, 0.05) is 12.6 Å². The molecule has 3 nitrogen and oxygen atoms in total. The molecule has 1 aromatic carbocycles. The molecule has 2 N–H and O–H groups in total. The monoisotopic (exact) mass is 273 g/mol. The Morgan fingerprint density at radius 2 is 1.90 bits per heavy atom. The van der Waals surface area contributed by atoms with Crippen molar-refractivity contribution in [3.63, 3.8) is 0 Å². The number of nitrogens with one attached hydrogen (secondary N) is 2. The van der Waals surface area contributed by atoms with Crippen LogP contribution in [-0.4, -0.2) is 16.7 Å². The number of aromatic amines is 1. The molecule has 0 aliphatic heterocycles. The van der Waals surface area contributed by atoms with Crippen molar-refractivity contribution in [3.05, 3.63) is 36.1 Å². The first kappa shape index (κ1) is 13.2. The summed E-state index contributed by atoms with van der Waals surface area (Å²) < 4.78 is 12.9. The molecule has 3 rings (SSSR count). The van der Waals surface area contributed by atoms with E-state index in [0.29, 0.717) is 0 Å². The topological polar surface area (TPSA) is 40.7 Å². The summed E-state index contributed by atoms with van der Waals surface area (Å²) in [6, 6.07) is 8.42. The zero-order valence-electron chi connectivity index (χ0n) is 11.5. The molecular formula is C16H20FN3. The Kier molecular flexibility index (Phi) is 4.00. The van der Waals surface area contributed by atoms with Crippen LogP contribution in [0.3, 0.4) is 0 Å². The minimum absolute atomic E-state index is 0.219. The normalized spacial score (nSPS) is 16.2. The van der Waals surface area contributed by atoms with Gasteiger partial charge >= 0.3 is 0 Å². The van der Waals surface area contributed by atoms with E-state index in [2.05, 4.69) is 15.5 Å². The summed E-state index contributed by atoms with van der Waals surface area (Å²) in [5.41, 5.74) is 1.86. The summed E-state index contributed by atoms with van der Waals surface area (Å²) in [5.74, 6) is 1.42. The SMILES string of the molecule is Fc1ccc(-c2cc(NCC3CCCCC3)n[nH]2)cc1. The Hall–Kier alpha value is -1.84. The standard InChI is InChI=1S/C16H20FN3/c17-14-8-6-13(7-9-14)15-10-16(20-19-15)18-11-12-4-2-1-3-5-12/h6-10,12H,1-5,11H2,(H2,18,19,20). The van der Waals surface area contributed by atoms with E-state index in [4.69, 9.17) is 0 Å². The fourth-order valence-electron chi connectivity index (χ4n) is 2.83. The van der Waals surface area contributed by atoms with Gasteiger partial charge in [0.05, 0.1) is 5.69 Å². The molecule has 1 heterocycles. The number of hydrogen-bond acceptors (Lipinski definition) is 2. The molecule has 2 aromatic rings. The van der Waals surface area contributed by atoms with Crippen molar-refractivity contribution in [1.82, 2.24) is 10.2 Å². The van der Waals surface area contributed by atoms with Crippen molar-refractivity contribution < 1.29 is 4.39 Å². The molecule has 0 amide bonds. The number of H-pyrrole nitrogens is 1. The van der Waals surface area contributed by atoms with Crippen molar-refractivity contribution in [2.75, 3.05) is 11.9 Å². The number of hydrogen-bond donors (Lipinski definition) is 2. The lowest BCUT2D eigenvalue weighted by Crippen LogP contribution is -2.17. The highest BCUT2D eigenvalue weighted by molar-refractivity contribution is 5.62. The van der Waals surface area contributed by atoms with Crippen LogP contribution in [0.1, 0.15) is 32.1 Å². The molecule has 20 heavy (non-hydrogen) atoms. The molecule has 106 valence electrons. The van der Waals surface area contributed by atoms with Gasteiger partial charge in [-0.1, -0.05) is 19.3 Å². The highest BCUT2D eigenvalue weighted by atomic mass is 19.1. The average molecular weight is 273 g/mol. The summed E-state index contributed by atoms with van der Waals surface area (Å²) in [6.07, 6.45) is 6.74. The maximum atomic E-state index is 12.9. The van der Waals surface area contributed by atoms with Gasteiger partial charge in [0.25, 0.3) is 0 Å². The fraction of sp³-hybridized carbons (Fsp3) is 0.438. The maximum Gasteiger partial charge on any atom is 0.148 e. The number of anilines is 1. The van der Waals surface area contributed by atoms with Crippen LogP contribution >= 0.6 is 0 Å². The van der Waals surface area contributed by atoms with E-state index in [9.17, 15) is 4.39 Å². The second kappa shape index (κ2) is 6.07. The summed E-state index contributed by atoms with van der Waals surface area (Å²) in [7, 11) is 0. The molecule has 4 heteroatoms. The number of nitrogens with zero attached hydrogens (tertiary/aromatic N) is 1. The van der Waals surface area contributed by atoms with Crippen LogP contribution in [0.25, 0.3) is 11.3 Å². The molecular weight excluding hydrogens is 253 g/mol. The summed E-state index contributed by atoms with van der Waals surface area (Å²) in [4.78, 5) is 0. The van der Waals surface area contributed by atoms with Crippen LogP contribution in [0.4, 0.5) is 10.2 Å². The van der Waals surface area contributed by atoms with Crippen molar-refractivity contribution in [1.29, 1.82) is 0 Å². The van der Waals surface area contributed by atoms with Gasteiger partial charge in [0.15, 0.2) is 0 Å². The molecule has 1 fully saturated rings. The molecule has 0 spiro atoms. The zero-order valence-corrected chi connectivity index (χ0v) is 11.5. The molecule has 0 bridgehead atoms. The van der Waals surface area contributed by atoms with Crippen molar-refractivity contribution in [2.45, 2.75) is 32.1 Å². The van der Waals surface area contributed by atoms with Crippen LogP contribution in [0.5, 0.6) is 0 Å². The predicted octanol–water partition coefficient (Wildman–Crippen LogP) is 4.21. The zero-order chi connectivity index (χ0) is 13.8. The van der Waals surface area contributed by atoms with Crippen LogP contribution in [0.2, 0.25) is 0 Å². The van der Waals surface area contributed by atoms with Crippen LogP contribution in [0.15, 0.2) is 30.3 Å². The van der Waals surface area contributed by atoms with Crippen LogP contribution < -0.4 is 5.32 Å². The van der Waals surface area contributed by atoms with Gasteiger partial charge in [-0.25, -0.2) is 4.39 Å². The van der Waals surface area contributed by atoms with E-state index < -0.39 is 0 Å². The Balaban J connectivity index is 1.60. The predicted molar refractivity (Wildman–Crippen MR) is 79.0 cm³/mol. The van der Waals surface area contributed by atoms with Gasteiger partial charge in [0.2, 0.25) is 0 Å². The third-order valence-corrected chi connectivity index (χ3v) is 4.03. The lowest BCUT2D eigenvalue weighted by Gasteiger charge is -2.21. The Bertz CT molecular complexity index is 541. The maximum absolute atomic E-state index is 12.9. The summed E-state index contributed by atoms with van der Waals surface area (Å²) in [6.45, 7) is 0.994. The first-order valence-electron chi connectivity index (χ1n) is 7.36. The van der Waals surface area contributed by atoms with Crippen LogP contribution in [-0.2, 0) is 0 Å². The third kappa shape index (κ3) is 3.18. The highest BCUT2D eigenvalue weighted by Gasteiger charge is 2.13. The molecule has 1 saturated carbocycles. The van der Waals surface area contributed by atoms with Gasteiger partial charge in [0.1, 0.15) is 11.6 Å². The largest absolute Gasteiger partial charge is 0.368 e. The van der Waals surface area contributed by atoms with Gasteiger partial charge in [-0.05, 0) is 48.6 Å². The minimum atomic E-state index is -0.219. The van der Waals surface area contributed by atoms with Crippen molar-refractivity contribution >= 4 is 5.82 Å². The van der Waals surface area contributed by atoms with Crippen molar-refractivity contribution in [3.8, 4) is 11.3 Å². The van der Waals surface area contributed by atoms with E-state index >= 15 is 0 Å². The number of rotatable bonds is 4. The first-order chi connectivity index (χ1) is 9.81. The van der Waals surface area contributed by atoms with Gasteiger partial charge in [-0.15, -0.1) is 0 Å². The van der Waals surface area contributed by atoms with E-state index in [0.717, 1.165) is 29.5 Å². The smallest absolute Gasteiger partial charge is 0.148 e. The first-order valence-corrected chi connectivity index (χ1v) is 7.36. The Morgan fingerprint density at radius 3 is 2.65 bits per heavy atom. The van der Waals surface area contributed by atoms with E-state index in [1.165, 1.54) is 44.2 Å². The van der Waals surface area contributed by atoms with Crippen LogP contribution in [0, 0.1) is 11.7 Å². The molecule has 1 aromatic heterocycles.